The molecule has 0 spiro atoms. The van der Waals surface area contributed by atoms with Gasteiger partial charge in [0.25, 0.3) is 0 Å². The maximum atomic E-state index is 12.2. The van der Waals surface area contributed by atoms with Crippen LogP contribution in [0.2, 0.25) is 0 Å². The maximum absolute atomic E-state index is 12.2. The van der Waals surface area contributed by atoms with Crippen LogP contribution in [-0.2, 0) is 6.42 Å². The minimum atomic E-state index is -0.115. The van der Waals surface area contributed by atoms with Crippen LogP contribution in [0.5, 0.6) is 5.75 Å². The zero-order valence-electron chi connectivity index (χ0n) is 10.6. The highest BCUT2D eigenvalue weighted by Gasteiger charge is 2.13. The van der Waals surface area contributed by atoms with Crippen molar-refractivity contribution in [3.8, 4) is 5.75 Å². The third-order valence-corrected chi connectivity index (χ3v) is 2.85. The number of benzene rings is 1. The molecule has 0 fully saturated rings. The highest BCUT2D eigenvalue weighted by molar-refractivity contribution is 6.02. The topological polar surface area (TPSA) is 91.2 Å². The standard InChI is InChI=1S/C14H15N3O2/c1-19-10-2-3-13(16)11(7-10)14(18)6-9-8-17-5-4-12(9)15/h2-5,7-8H,6,16H2,1H3,(H2,15,17). The zero-order chi connectivity index (χ0) is 13.8. The number of rotatable bonds is 4. The van der Waals surface area contributed by atoms with Crippen molar-refractivity contribution < 1.29 is 9.53 Å². The first kappa shape index (κ1) is 12.9. The molecule has 0 amide bonds. The Morgan fingerprint density at radius 3 is 2.74 bits per heavy atom. The molecule has 1 heterocycles. The lowest BCUT2D eigenvalue weighted by molar-refractivity contribution is 0.0993. The van der Waals surface area contributed by atoms with Crippen LogP contribution in [0.1, 0.15) is 15.9 Å². The van der Waals surface area contributed by atoms with E-state index >= 15 is 0 Å². The monoisotopic (exact) mass is 257 g/mol. The highest BCUT2D eigenvalue weighted by Crippen LogP contribution is 2.22. The maximum Gasteiger partial charge on any atom is 0.169 e. The average molecular weight is 257 g/mol. The molecular formula is C14H15N3O2. The molecule has 0 aliphatic carbocycles. The molecule has 0 bridgehead atoms. The van der Waals surface area contributed by atoms with Crippen molar-refractivity contribution in [1.82, 2.24) is 4.98 Å². The molecule has 1 aromatic heterocycles. The summed E-state index contributed by atoms with van der Waals surface area (Å²) in [4.78, 5) is 16.2. The number of carbonyl (C=O) groups is 1. The summed E-state index contributed by atoms with van der Waals surface area (Å²) in [6, 6.07) is 6.66. The van der Waals surface area contributed by atoms with Gasteiger partial charge >= 0.3 is 0 Å². The Hall–Kier alpha value is -2.56. The van der Waals surface area contributed by atoms with Crippen LogP contribution in [0, 0.1) is 0 Å². The molecule has 0 aliphatic rings. The Morgan fingerprint density at radius 2 is 2.05 bits per heavy atom. The summed E-state index contributed by atoms with van der Waals surface area (Å²) in [5, 5.41) is 0. The predicted octanol–water partition coefficient (Wildman–Crippen LogP) is 1.68. The number of carbonyl (C=O) groups excluding carboxylic acids is 1. The fraction of sp³-hybridized carbons (Fsp3) is 0.143. The van der Waals surface area contributed by atoms with Gasteiger partial charge in [-0.05, 0) is 24.3 Å². The largest absolute Gasteiger partial charge is 0.497 e. The van der Waals surface area contributed by atoms with Crippen molar-refractivity contribution in [3.63, 3.8) is 0 Å². The van der Waals surface area contributed by atoms with Crippen LogP contribution < -0.4 is 16.2 Å². The number of methoxy groups -OCH3 is 1. The van der Waals surface area contributed by atoms with Crippen LogP contribution in [0.4, 0.5) is 11.4 Å². The number of hydrogen-bond acceptors (Lipinski definition) is 5. The second-order valence-electron chi connectivity index (χ2n) is 4.13. The summed E-state index contributed by atoms with van der Waals surface area (Å²) in [7, 11) is 1.54. The first-order valence-electron chi connectivity index (χ1n) is 5.77. The van der Waals surface area contributed by atoms with Gasteiger partial charge in [0.05, 0.1) is 7.11 Å². The van der Waals surface area contributed by atoms with E-state index in [4.69, 9.17) is 16.2 Å². The van der Waals surface area contributed by atoms with Crippen molar-refractivity contribution >= 4 is 17.2 Å². The fourth-order valence-corrected chi connectivity index (χ4v) is 1.76. The van der Waals surface area contributed by atoms with E-state index in [9.17, 15) is 4.79 Å². The first-order valence-corrected chi connectivity index (χ1v) is 5.77. The lowest BCUT2D eigenvalue weighted by Crippen LogP contribution is -2.09. The Morgan fingerprint density at radius 1 is 1.26 bits per heavy atom. The smallest absolute Gasteiger partial charge is 0.169 e. The van der Waals surface area contributed by atoms with Gasteiger partial charge in [0.15, 0.2) is 5.78 Å². The van der Waals surface area contributed by atoms with Crippen molar-refractivity contribution in [3.05, 3.63) is 47.8 Å². The lowest BCUT2D eigenvalue weighted by atomic mass is 10.0. The van der Waals surface area contributed by atoms with Gasteiger partial charge < -0.3 is 16.2 Å². The third-order valence-electron chi connectivity index (χ3n) is 2.85. The molecule has 0 unspecified atom stereocenters. The molecule has 2 rings (SSSR count). The van der Waals surface area contributed by atoms with Gasteiger partial charge in [0, 0.05) is 41.3 Å². The second kappa shape index (κ2) is 5.39. The number of ketones is 1. The van der Waals surface area contributed by atoms with Gasteiger partial charge in [-0.1, -0.05) is 0 Å². The number of nitrogens with zero attached hydrogens (tertiary/aromatic N) is 1. The van der Waals surface area contributed by atoms with E-state index in [0.717, 1.165) is 0 Å². The van der Waals surface area contributed by atoms with E-state index in [1.807, 2.05) is 0 Å². The number of nitrogens with two attached hydrogens (primary N) is 2. The number of nitrogen functional groups attached to an aromatic ring is 2. The second-order valence-corrected chi connectivity index (χ2v) is 4.13. The lowest BCUT2D eigenvalue weighted by Gasteiger charge is -2.08. The van der Waals surface area contributed by atoms with Gasteiger partial charge in [0.2, 0.25) is 0 Å². The predicted molar refractivity (Wildman–Crippen MR) is 74.1 cm³/mol. The van der Waals surface area contributed by atoms with Crippen molar-refractivity contribution in [2.45, 2.75) is 6.42 Å². The van der Waals surface area contributed by atoms with Crippen molar-refractivity contribution in [2.24, 2.45) is 0 Å². The Balaban J connectivity index is 2.28. The molecule has 2 aromatic rings. The number of Topliss-reactive ketones (excluding diaryl/α,β-unsaturated/α-hetero) is 1. The normalized spacial score (nSPS) is 10.2. The molecule has 0 aliphatic heterocycles. The van der Waals surface area contributed by atoms with E-state index in [-0.39, 0.29) is 12.2 Å². The molecule has 1 aromatic carbocycles. The van der Waals surface area contributed by atoms with E-state index in [2.05, 4.69) is 4.98 Å². The molecule has 5 heteroatoms. The van der Waals surface area contributed by atoms with Gasteiger partial charge in [0.1, 0.15) is 5.75 Å². The number of anilines is 2. The van der Waals surface area contributed by atoms with Crippen LogP contribution >= 0.6 is 0 Å². The summed E-state index contributed by atoms with van der Waals surface area (Å²) in [6.45, 7) is 0. The molecule has 5 nitrogen and oxygen atoms in total. The van der Waals surface area contributed by atoms with E-state index in [1.54, 1.807) is 43.8 Å². The van der Waals surface area contributed by atoms with Crippen LogP contribution in [-0.4, -0.2) is 17.9 Å². The molecule has 0 saturated carbocycles. The molecular weight excluding hydrogens is 242 g/mol. The van der Waals surface area contributed by atoms with Crippen molar-refractivity contribution in [1.29, 1.82) is 0 Å². The Kier molecular flexibility index (Phi) is 3.66. The fourth-order valence-electron chi connectivity index (χ4n) is 1.76. The summed E-state index contributed by atoms with van der Waals surface area (Å²) in [5.74, 6) is 0.479. The number of pyridine rings is 1. The summed E-state index contributed by atoms with van der Waals surface area (Å²) < 4.78 is 5.09. The zero-order valence-corrected chi connectivity index (χ0v) is 10.6. The first-order chi connectivity index (χ1) is 9.11. The summed E-state index contributed by atoms with van der Waals surface area (Å²) in [5.41, 5.74) is 13.7. The third kappa shape index (κ3) is 2.82. The summed E-state index contributed by atoms with van der Waals surface area (Å²) in [6.07, 6.45) is 3.34. The van der Waals surface area contributed by atoms with E-state index < -0.39 is 0 Å². The minimum absolute atomic E-state index is 0.115. The highest BCUT2D eigenvalue weighted by atomic mass is 16.5. The molecule has 0 atom stereocenters. The number of hydrogen-bond donors (Lipinski definition) is 2. The van der Waals surface area contributed by atoms with Crippen LogP contribution in [0.25, 0.3) is 0 Å². The number of ether oxygens (including phenoxy) is 1. The van der Waals surface area contributed by atoms with E-state index in [0.29, 0.717) is 28.3 Å². The Labute approximate surface area is 111 Å². The number of aromatic nitrogens is 1. The quantitative estimate of drug-likeness (QED) is 0.642. The molecule has 0 radical (unpaired) electrons. The van der Waals surface area contributed by atoms with Crippen LogP contribution in [0.3, 0.4) is 0 Å². The van der Waals surface area contributed by atoms with Gasteiger partial charge in [-0.2, -0.15) is 0 Å². The van der Waals surface area contributed by atoms with E-state index in [1.165, 1.54) is 0 Å². The van der Waals surface area contributed by atoms with Crippen LogP contribution in [0.15, 0.2) is 36.7 Å². The molecule has 0 saturated heterocycles. The molecule has 4 N–H and O–H groups in total. The molecule has 19 heavy (non-hydrogen) atoms. The van der Waals surface area contributed by atoms with Gasteiger partial charge in [-0.25, -0.2) is 0 Å². The van der Waals surface area contributed by atoms with Gasteiger partial charge in [-0.3, -0.25) is 9.78 Å². The molecule has 98 valence electrons. The average Bonchev–Trinajstić information content (AvgIpc) is 2.42. The van der Waals surface area contributed by atoms with Crippen molar-refractivity contribution in [2.75, 3.05) is 18.6 Å². The summed E-state index contributed by atoms with van der Waals surface area (Å²) >= 11 is 0. The Bertz CT molecular complexity index is 611. The SMILES string of the molecule is COc1ccc(N)c(C(=O)Cc2cnccc2N)c1. The van der Waals surface area contributed by atoms with Gasteiger partial charge in [-0.15, -0.1) is 0 Å². The minimum Gasteiger partial charge on any atom is -0.497 e.